The maximum Gasteiger partial charge on any atom is 0.435 e. The van der Waals surface area contributed by atoms with Crippen molar-refractivity contribution in [3.8, 4) is 0 Å². The van der Waals surface area contributed by atoms with Crippen molar-refractivity contribution in [3.63, 3.8) is 0 Å². The smallest absolute Gasteiger partial charge is 0.374 e. The highest BCUT2D eigenvalue weighted by atomic mass is 35.5. The number of hydrogen-bond donors (Lipinski definition) is 2. The topological polar surface area (TPSA) is 62.7 Å². The molecular formula is C20H13Cl3F7N3O2. The van der Waals surface area contributed by atoms with Crippen molar-refractivity contribution in [2.45, 2.75) is 37.2 Å². The van der Waals surface area contributed by atoms with E-state index in [1.165, 1.54) is 18.2 Å². The molecule has 2 aromatic carbocycles. The lowest BCUT2D eigenvalue weighted by molar-refractivity contribution is -0.275. The summed E-state index contributed by atoms with van der Waals surface area (Å²) in [6, 6.07) is 5.27. The van der Waals surface area contributed by atoms with E-state index in [9.17, 15) is 35.5 Å². The zero-order valence-corrected chi connectivity index (χ0v) is 19.3. The molecule has 0 saturated heterocycles. The third kappa shape index (κ3) is 6.04. The fraction of sp³-hybridized carbons (Fsp3) is 0.300. The molecule has 0 saturated carbocycles. The first-order chi connectivity index (χ1) is 16.1. The summed E-state index contributed by atoms with van der Waals surface area (Å²) in [6.07, 6.45) is -12.6. The zero-order valence-electron chi connectivity index (χ0n) is 17.1. The highest BCUT2D eigenvalue weighted by molar-refractivity contribution is 6.35. The summed E-state index contributed by atoms with van der Waals surface area (Å²) in [6.45, 7) is 0. The third-order valence-corrected chi connectivity index (χ3v) is 5.79. The Balaban J connectivity index is 1.83. The first-order valence-corrected chi connectivity index (χ1v) is 10.6. The summed E-state index contributed by atoms with van der Waals surface area (Å²) in [5, 5.41) is 2.25. The lowest BCUT2D eigenvalue weighted by Gasteiger charge is -2.29. The minimum atomic E-state index is -5.03. The second-order valence-electron chi connectivity index (χ2n) is 7.37. The Morgan fingerprint density at radius 3 is 2.23 bits per heavy atom. The number of nitrogens with one attached hydrogen (secondary N) is 2. The standard InChI is InChI=1S/C20H13Cl3F7N3O2/c21-11-2-1-9(5-14(11)31-32-16(34)3-4-19(25,26)27)15-8-18(35-33-15,20(28,29)30)10-6-12(22)17(24)13(23)7-10/h1-2,5-7,31H,3-4,8H2,(H,32,34). The van der Waals surface area contributed by atoms with Crippen LogP contribution >= 0.6 is 34.8 Å². The second-order valence-corrected chi connectivity index (χ2v) is 8.59. The number of carbonyl (C=O) groups excluding carboxylic acids is 1. The molecule has 1 atom stereocenters. The van der Waals surface area contributed by atoms with Crippen LogP contribution in [0.25, 0.3) is 0 Å². The van der Waals surface area contributed by atoms with Gasteiger partial charge < -0.3 is 4.84 Å². The largest absolute Gasteiger partial charge is 0.435 e. The number of hydrazine groups is 1. The van der Waals surface area contributed by atoms with E-state index >= 15 is 0 Å². The molecule has 0 aliphatic carbocycles. The van der Waals surface area contributed by atoms with Gasteiger partial charge >= 0.3 is 12.4 Å². The molecule has 1 amide bonds. The van der Waals surface area contributed by atoms with Crippen molar-refractivity contribution in [2.75, 3.05) is 5.43 Å². The Bertz CT molecular complexity index is 1150. The van der Waals surface area contributed by atoms with Crippen LogP contribution in [0.2, 0.25) is 15.1 Å². The Kier molecular flexibility index (Phi) is 7.68. The monoisotopic (exact) mass is 565 g/mol. The Labute approximate surface area is 208 Å². The SMILES string of the molecule is O=C(CCC(F)(F)F)NNc1cc(C2=NOC(c3cc(Cl)c(F)c(Cl)c3)(C(F)(F)F)C2)ccc1Cl. The Morgan fingerprint density at radius 2 is 1.66 bits per heavy atom. The molecule has 0 bridgehead atoms. The number of nitrogens with zero attached hydrogens (tertiary/aromatic N) is 1. The zero-order chi connectivity index (χ0) is 26.2. The average molecular weight is 567 g/mol. The van der Waals surface area contributed by atoms with Gasteiger partial charge in [0.2, 0.25) is 5.91 Å². The Morgan fingerprint density at radius 1 is 1.03 bits per heavy atom. The molecule has 0 fully saturated rings. The average Bonchev–Trinajstić information content (AvgIpc) is 3.21. The van der Waals surface area contributed by atoms with Crippen LogP contribution in [0.3, 0.4) is 0 Å². The number of anilines is 1. The van der Waals surface area contributed by atoms with Gasteiger partial charge in [-0.25, -0.2) is 4.39 Å². The van der Waals surface area contributed by atoms with Crippen molar-refractivity contribution < 1.29 is 40.4 Å². The van der Waals surface area contributed by atoms with E-state index in [0.717, 1.165) is 12.1 Å². The van der Waals surface area contributed by atoms with E-state index in [4.69, 9.17) is 39.6 Å². The molecule has 35 heavy (non-hydrogen) atoms. The summed E-state index contributed by atoms with van der Waals surface area (Å²) >= 11 is 17.3. The van der Waals surface area contributed by atoms with E-state index in [-0.39, 0.29) is 22.0 Å². The van der Waals surface area contributed by atoms with Gasteiger partial charge in [-0.15, -0.1) is 0 Å². The van der Waals surface area contributed by atoms with E-state index < -0.39 is 64.5 Å². The molecule has 5 nitrogen and oxygen atoms in total. The van der Waals surface area contributed by atoms with E-state index in [1.807, 2.05) is 5.43 Å². The number of rotatable bonds is 6. The summed E-state index contributed by atoms with van der Waals surface area (Å²) in [5.41, 5.74) is 0.617. The molecule has 1 aliphatic heterocycles. The van der Waals surface area contributed by atoms with Crippen LogP contribution in [0, 0.1) is 5.82 Å². The van der Waals surface area contributed by atoms with E-state index in [2.05, 4.69) is 10.6 Å². The van der Waals surface area contributed by atoms with Gasteiger partial charge in [0, 0.05) is 24.0 Å². The first kappa shape index (κ1) is 27.2. The number of oxime groups is 1. The molecule has 0 spiro atoms. The number of benzene rings is 2. The molecule has 2 aromatic rings. The van der Waals surface area contributed by atoms with Gasteiger partial charge in [-0.05, 0) is 24.3 Å². The van der Waals surface area contributed by atoms with Crippen LogP contribution in [-0.2, 0) is 15.2 Å². The minimum Gasteiger partial charge on any atom is -0.374 e. The second kappa shape index (κ2) is 9.90. The molecule has 0 radical (unpaired) electrons. The number of alkyl halides is 6. The maximum atomic E-state index is 14.1. The summed E-state index contributed by atoms with van der Waals surface area (Å²) in [4.78, 5) is 16.4. The third-order valence-electron chi connectivity index (χ3n) is 4.91. The summed E-state index contributed by atoms with van der Waals surface area (Å²) in [7, 11) is 0. The van der Waals surface area contributed by atoms with Crippen LogP contribution in [0.15, 0.2) is 35.5 Å². The lowest BCUT2D eigenvalue weighted by Crippen LogP contribution is -2.42. The molecule has 1 unspecified atom stereocenters. The molecule has 0 aromatic heterocycles. The van der Waals surface area contributed by atoms with Gasteiger partial charge in [-0.3, -0.25) is 15.6 Å². The van der Waals surface area contributed by atoms with Gasteiger partial charge in [0.05, 0.1) is 32.9 Å². The van der Waals surface area contributed by atoms with Gasteiger partial charge in [0.25, 0.3) is 5.60 Å². The number of carbonyl (C=O) groups is 1. The maximum absolute atomic E-state index is 14.1. The van der Waals surface area contributed by atoms with Crippen LogP contribution in [0.1, 0.15) is 30.4 Å². The van der Waals surface area contributed by atoms with Crippen molar-refractivity contribution in [1.29, 1.82) is 0 Å². The van der Waals surface area contributed by atoms with Crippen LogP contribution in [-0.4, -0.2) is 24.0 Å². The molecular weight excluding hydrogens is 554 g/mol. The quantitative estimate of drug-likeness (QED) is 0.222. The molecule has 15 heteroatoms. The van der Waals surface area contributed by atoms with Crippen molar-refractivity contribution in [3.05, 3.63) is 62.3 Å². The van der Waals surface area contributed by atoms with Crippen molar-refractivity contribution in [1.82, 2.24) is 5.43 Å². The fourth-order valence-electron chi connectivity index (χ4n) is 3.10. The highest BCUT2D eigenvalue weighted by Gasteiger charge is 2.62. The van der Waals surface area contributed by atoms with Crippen molar-refractivity contribution >= 4 is 52.1 Å². The van der Waals surface area contributed by atoms with E-state index in [0.29, 0.717) is 0 Å². The number of hydrogen-bond acceptors (Lipinski definition) is 4. The Hall–Kier alpha value is -2.44. The minimum absolute atomic E-state index is 0.00331. The normalized spacial score (nSPS) is 18.2. The van der Waals surface area contributed by atoms with Gasteiger partial charge in [0.15, 0.2) is 5.82 Å². The van der Waals surface area contributed by atoms with Crippen LogP contribution in [0.5, 0.6) is 0 Å². The van der Waals surface area contributed by atoms with Gasteiger partial charge in [-0.2, -0.15) is 26.3 Å². The van der Waals surface area contributed by atoms with Crippen LogP contribution < -0.4 is 10.9 Å². The molecule has 2 N–H and O–H groups in total. The summed E-state index contributed by atoms with van der Waals surface area (Å²) in [5.74, 6) is -2.09. The summed E-state index contributed by atoms with van der Waals surface area (Å²) < 4.78 is 92.9. The molecule has 1 aliphatic rings. The highest BCUT2D eigenvalue weighted by Crippen LogP contribution is 2.50. The predicted octanol–water partition coefficient (Wildman–Crippen LogP) is 7.15. The van der Waals surface area contributed by atoms with Gasteiger partial charge in [0.1, 0.15) is 0 Å². The first-order valence-electron chi connectivity index (χ1n) is 9.51. The molecule has 3 rings (SSSR count). The van der Waals surface area contributed by atoms with Crippen molar-refractivity contribution in [2.24, 2.45) is 5.16 Å². The number of amides is 1. The molecule has 190 valence electrons. The van der Waals surface area contributed by atoms with Gasteiger partial charge in [-0.1, -0.05) is 46.0 Å². The predicted molar refractivity (Wildman–Crippen MR) is 115 cm³/mol. The number of halogens is 10. The lowest BCUT2D eigenvalue weighted by atomic mass is 9.86. The van der Waals surface area contributed by atoms with E-state index in [1.54, 1.807) is 0 Å². The van der Waals surface area contributed by atoms with Crippen LogP contribution in [0.4, 0.5) is 36.4 Å². The molecule has 1 heterocycles. The fourth-order valence-corrected chi connectivity index (χ4v) is 3.75.